The van der Waals surface area contributed by atoms with Crippen molar-refractivity contribution in [2.75, 3.05) is 0 Å². The van der Waals surface area contributed by atoms with E-state index in [0.29, 0.717) is 5.56 Å². The number of benzene rings is 2. The first-order valence-electron chi connectivity index (χ1n) is 7.96. The van der Waals surface area contributed by atoms with E-state index in [2.05, 4.69) is 44.0 Å². The van der Waals surface area contributed by atoms with Crippen molar-refractivity contribution < 1.29 is 8.78 Å². The highest BCUT2D eigenvalue weighted by molar-refractivity contribution is 5.83. The Morgan fingerprint density at radius 1 is 0.792 bits per heavy atom. The van der Waals surface area contributed by atoms with E-state index in [4.69, 9.17) is 0 Å². The molecular formula is C21H17F2N. The second-order valence-corrected chi connectivity index (χ2v) is 6.91. The number of rotatable bonds is 1. The maximum absolute atomic E-state index is 14.0. The molecule has 4 rings (SSSR count). The predicted molar refractivity (Wildman–Crippen MR) is 91.9 cm³/mol. The van der Waals surface area contributed by atoms with Gasteiger partial charge in [-0.05, 0) is 52.9 Å². The molecule has 0 fully saturated rings. The summed E-state index contributed by atoms with van der Waals surface area (Å²) >= 11 is 0. The Hall–Kier alpha value is -2.55. The Balaban J connectivity index is 1.92. The Morgan fingerprint density at radius 3 is 2.12 bits per heavy atom. The van der Waals surface area contributed by atoms with Crippen molar-refractivity contribution in [3.63, 3.8) is 0 Å². The number of aromatic nitrogens is 1. The van der Waals surface area contributed by atoms with Crippen molar-refractivity contribution in [1.29, 1.82) is 0 Å². The lowest BCUT2D eigenvalue weighted by atomic mass is 9.81. The molecule has 0 aliphatic heterocycles. The summed E-state index contributed by atoms with van der Waals surface area (Å²) in [4.78, 5) is 3.30. The summed E-state index contributed by atoms with van der Waals surface area (Å²) in [6.07, 6.45) is 0. The van der Waals surface area contributed by atoms with E-state index in [-0.39, 0.29) is 5.41 Å². The number of pyridine rings is 1. The summed E-state index contributed by atoms with van der Waals surface area (Å²) in [5, 5.41) is 0. The van der Waals surface area contributed by atoms with Gasteiger partial charge >= 0.3 is 0 Å². The average molecular weight is 321 g/mol. The van der Waals surface area contributed by atoms with Gasteiger partial charge in [0.05, 0.1) is 0 Å². The fourth-order valence-corrected chi connectivity index (χ4v) is 3.65. The largest absolute Gasteiger partial charge is 0.223 e. The molecule has 0 atom stereocenters. The van der Waals surface area contributed by atoms with Crippen LogP contribution in [0.25, 0.3) is 22.3 Å². The normalized spacial score (nSPS) is 14.4. The molecule has 1 aliphatic carbocycles. The Bertz CT molecular complexity index is 974. The lowest BCUT2D eigenvalue weighted by Crippen LogP contribution is -2.15. The molecule has 0 N–H and O–H groups in total. The zero-order valence-corrected chi connectivity index (χ0v) is 13.8. The minimum atomic E-state index is -0.805. The molecule has 0 spiro atoms. The highest BCUT2D eigenvalue weighted by Gasteiger charge is 2.35. The zero-order chi connectivity index (χ0) is 17.1. The lowest BCUT2D eigenvalue weighted by molar-refractivity contribution is 0.515. The van der Waals surface area contributed by atoms with Crippen LogP contribution in [0.2, 0.25) is 0 Å². The van der Waals surface area contributed by atoms with E-state index in [0.717, 1.165) is 11.1 Å². The summed E-state index contributed by atoms with van der Waals surface area (Å²) in [6.45, 7) is 6.45. The van der Waals surface area contributed by atoms with Crippen LogP contribution in [0.4, 0.5) is 8.78 Å². The molecule has 0 bridgehead atoms. The van der Waals surface area contributed by atoms with Gasteiger partial charge in [0.15, 0.2) is 0 Å². The van der Waals surface area contributed by atoms with Gasteiger partial charge in [0, 0.05) is 11.0 Å². The van der Waals surface area contributed by atoms with Crippen LogP contribution < -0.4 is 0 Å². The highest BCUT2D eigenvalue weighted by Crippen LogP contribution is 2.49. The molecular weight excluding hydrogens is 304 g/mol. The molecule has 1 nitrogen and oxygen atoms in total. The molecule has 0 amide bonds. The molecule has 1 aromatic heterocycles. The topological polar surface area (TPSA) is 12.9 Å². The summed E-state index contributed by atoms with van der Waals surface area (Å²) in [6, 6.07) is 15.0. The molecule has 0 unspecified atom stereocenters. The SMILES string of the molecule is Cc1ccc2c(c1)C(C)(C)c1cc(-c3ccc(F)nc3F)ccc1-2. The maximum Gasteiger partial charge on any atom is 0.223 e. The molecule has 1 heterocycles. The molecule has 120 valence electrons. The van der Waals surface area contributed by atoms with Crippen LogP contribution in [0.5, 0.6) is 0 Å². The van der Waals surface area contributed by atoms with E-state index in [1.54, 1.807) is 0 Å². The van der Waals surface area contributed by atoms with Crippen LogP contribution in [0.3, 0.4) is 0 Å². The van der Waals surface area contributed by atoms with Crippen LogP contribution in [-0.2, 0) is 5.41 Å². The highest BCUT2D eigenvalue weighted by atomic mass is 19.1. The monoisotopic (exact) mass is 321 g/mol. The third-order valence-electron chi connectivity index (χ3n) is 4.96. The summed E-state index contributed by atoms with van der Waals surface area (Å²) in [5.74, 6) is -1.58. The first-order chi connectivity index (χ1) is 11.4. The molecule has 3 heteroatoms. The van der Waals surface area contributed by atoms with Crippen molar-refractivity contribution in [1.82, 2.24) is 4.98 Å². The van der Waals surface area contributed by atoms with E-state index < -0.39 is 11.9 Å². The molecule has 3 aromatic rings. The van der Waals surface area contributed by atoms with E-state index in [9.17, 15) is 8.78 Å². The van der Waals surface area contributed by atoms with Crippen molar-refractivity contribution in [3.8, 4) is 22.3 Å². The summed E-state index contributed by atoms with van der Waals surface area (Å²) in [5.41, 5.74) is 6.95. The zero-order valence-electron chi connectivity index (χ0n) is 13.8. The minimum Gasteiger partial charge on any atom is -0.190 e. The smallest absolute Gasteiger partial charge is 0.190 e. The second kappa shape index (κ2) is 4.97. The van der Waals surface area contributed by atoms with Gasteiger partial charge in [-0.3, -0.25) is 0 Å². The van der Waals surface area contributed by atoms with Crippen molar-refractivity contribution in [2.24, 2.45) is 0 Å². The quantitative estimate of drug-likeness (QED) is 0.528. The van der Waals surface area contributed by atoms with Gasteiger partial charge in [0.2, 0.25) is 11.9 Å². The van der Waals surface area contributed by atoms with Gasteiger partial charge in [-0.1, -0.05) is 49.7 Å². The maximum atomic E-state index is 14.0. The van der Waals surface area contributed by atoms with Crippen LogP contribution >= 0.6 is 0 Å². The number of aryl methyl sites for hydroxylation is 1. The van der Waals surface area contributed by atoms with E-state index >= 15 is 0 Å². The van der Waals surface area contributed by atoms with Crippen LogP contribution in [0.1, 0.15) is 30.5 Å². The second-order valence-electron chi connectivity index (χ2n) is 6.91. The Kier molecular flexibility index (Phi) is 3.11. The van der Waals surface area contributed by atoms with Gasteiger partial charge < -0.3 is 0 Å². The predicted octanol–water partition coefficient (Wildman–Crippen LogP) is 5.64. The molecule has 24 heavy (non-hydrogen) atoms. The van der Waals surface area contributed by atoms with Gasteiger partial charge in [0.1, 0.15) is 0 Å². The lowest BCUT2D eigenvalue weighted by Gasteiger charge is -2.22. The fourth-order valence-electron chi connectivity index (χ4n) is 3.65. The average Bonchev–Trinajstić information content (AvgIpc) is 2.75. The van der Waals surface area contributed by atoms with E-state index in [1.807, 2.05) is 18.2 Å². The third-order valence-corrected chi connectivity index (χ3v) is 4.96. The molecule has 1 aliphatic rings. The van der Waals surface area contributed by atoms with E-state index in [1.165, 1.54) is 34.4 Å². The number of hydrogen-bond acceptors (Lipinski definition) is 1. The first-order valence-corrected chi connectivity index (χ1v) is 7.96. The standard InChI is InChI=1S/C21H17F2N/c1-12-4-6-15-16-7-5-13(14-8-9-19(22)24-20(14)23)11-18(16)21(2,3)17(15)10-12/h4-11H,1-3H3. The molecule has 0 saturated carbocycles. The van der Waals surface area contributed by atoms with Gasteiger partial charge in [-0.15, -0.1) is 0 Å². The first kappa shape index (κ1) is 15.0. The summed E-state index contributed by atoms with van der Waals surface area (Å²) in [7, 11) is 0. The molecule has 2 aromatic carbocycles. The van der Waals surface area contributed by atoms with Gasteiger partial charge in [0.25, 0.3) is 0 Å². The third kappa shape index (κ3) is 2.08. The summed E-state index contributed by atoms with van der Waals surface area (Å²) < 4.78 is 27.1. The fraction of sp³-hybridized carbons (Fsp3) is 0.190. The number of halogens is 2. The number of hydrogen-bond donors (Lipinski definition) is 0. The number of nitrogens with zero attached hydrogens (tertiary/aromatic N) is 1. The number of fused-ring (bicyclic) bond motifs is 3. The van der Waals surface area contributed by atoms with Crippen LogP contribution in [-0.4, -0.2) is 4.98 Å². The van der Waals surface area contributed by atoms with Crippen LogP contribution in [0, 0.1) is 18.8 Å². The van der Waals surface area contributed by atoms with Crippen molar-refractivity contribution >= 4 is 0 Å². The van der Waals surface area contributed by atoms with Gasteiger partial charge in [-0.2, -0.15) is 13.8 Å². The van der Waals surface area contributed by atoms with Crippen molar-refractivity contribution in [3.05, 3.63) is 77.1 Å². The van der Waals surface area contributed by atoms with Gasteiger partial charge in [-0.25, -0.2) is 0 Å². The minimum absolute atomic E-state index is 0.156. The Labute approximate surface area is 140 Å². The Morgan fingerprint density at radius 2 is 1.42 bits per heavy atom. The molecule has 0 saturated heterocycles. The van der Waals surface area contributed by atoms with Crippen LogP contribution in [0.15, 0.2) is 48.5 Å². The molecule has 0 radical (unpaired) electrons. The van der Waals surface area contributed by atoms with Crippen molar-refractivity contribution in [2.45, 2.75) is 26.2 Å².